The van der Waals surface area contributed by atoms with Crippen LogP contribution in [0.3, 0.4) is 0 Å². The highest BCUT2D eigenvalue weighted by Gasteiger charge is 2.61. The van der Waals surface area contributed by atoms with Gasteiger partial charge in [-0.1, -0.05) is 58.6 Å². The van der Waals surface area contributed by atoms with Crippen molar-refractivity contribution in [1.29, 1.82) is 0 Å². The largest absolute Gasteiger partial charge is 0.423 e. The van der Waals surface area contributed by atoms with E-state index >= 15 is 0 Å². The second-order valence-corrected chi connectivity index (χ2v) is 12.1. The number of ether oxygens (including phenoxy) is 1. The number of carbonyl (C=O) groups excluding carboxylic acids is 5. The Morgan fingerprint density at radius 2 is 1.40 bits per heavy atom. The van der Waals surface area contributed by atoms with Crippen LogP contribution >= 0.6 is 46.4 Å². The van der Waals surface area contributed by atoms with E-state index in [0.717, 1.165) is 10.0 Å². The van der Waals surface area contributed by atoms with Gasteiger partial charge >= 0.3 is 5.97 Å². The van der Waals surface area contributed by atoms with Gasteiger partial charge in [0.25, 0.3) is 17.7 Å². The molecule has 0 spiro atoms. The average molecular weight is 658 g/mol. The summed E-state index contributed by atoms with van der Waals surface area (Å²) in [6, 6.07) is 14.1. The summed E-state index contributed by atoms with van der Waals surface area (Å²) in [4.78, 5) is 66.9. The Morgan fingerprint density at radius 1 is 0.767 bits per heavy atom. The molecule has 0 N–H and O–H groups in total. The molecule has 0 unspecified atom stereocenters. The summed E-state index contributed by atoms with van der Waals surface area (Å²) < 4.78 is 5.36. The number of Topliss-reactive ketones (excluding diaryl/α,β-unsaturated/α-hetero) is 1. The van der Waals surface area contributed by atoms with Gasteiger partial charge in [0.15, 0.2) is 5.78 Å². The second-order valence-electron chi connectivity index (χ2n) is 10.4. The van der Waals surface area contributed by atoms with Gasteiger partial charge in [0.1, 0.15) is 12.3 Å². The third-order valence-corrected chi connectivity index (χ3v) is 9.21. The number of rotatable bonds is 7. The minimum absolute atomic E-state index is 0.0454. The van der Waals surface area contributed by atoms with E-state index < -0.39 is 47.9 Å². The fourth-order valence-electron chi connectivity index (χ4n) is 5.89. The Labute approximate surface area is 265 Å². The summed E-state index contributed by atoms with van der Waals surface area (Å²) in [6.07, 6.45) is 4.58. The highest BCUT2D eigenvalue weighted by molar-refractivity contribution is 6.42. The molecule has 218 valence electrons. The number of hydrogen-bond donors (Lipinski definition) is 0. The number of esters is 1. The average Bonchev–Trinajstić information content (AvgIpc) is 3.66. The predicted molar refractivity (Wildman–Crippen MR) is 159 cm³/mol. The van der Waals surface area contributed by atoms with E-state index in [1.807, 2.05) is 12.2 Å². The fraction of sp³-hybridized carbons (Fsp3) is 0.194. The number of benzene rings is 3. The van der Waals surface area contributed by atoms with Crippen molar-refractivity contribution < 1.29 is 28.7 Å². The van der Waals surface area contributed by atoms with E-state index in [-0.39, 0.29) is 49.3 Å². The number of hydrazine groups is 1. The quantitative estimate of drug-likeness (QED) is 0.0937. The number of fused-ring (bicyclic) bond motifs is 5. The zero-order valence-corrected chi connectivity index (χ0v) is 25.0. The molecule has 4 atom stereocenters. The van der Waals surface area contributed by atoms with Gasteiger partial charge in [0, 0.05) is 16.1 Å². The maximum absolute atomic E-state index is 13.7. The molecular weight excluding hydrogens is 638 g/mol. The van der Waals surface area contributed by atoms with Crippen LogP contribution in [0.5, 0.6) is 5.75 Å². The Kier molecular flexibility index (Phi) is 7.81. The maximum atomic E-state index is 13.7. The van der Waals surface area contributed by atoms with Gasteiger partial charge in [-0.15, -0.1) is 0 Å². The molecule has 3 aliphatic rings. The molecule has 2 aliphatic carbocycles. The van der Waals surface area contributed by atoms with Crippen molar-refractivity contribution in [1.82, 2.24) is 10.0 Å². The fourth-order valence-corrected chi connectivity index (χ4v) is 6.67. The number of hydrogen-bond acceptors (Lipinski definition) is 6. The van der Waals surface area contributed by atoms with Crippen molar-refractivity contribution in [3.05, 3.63) is 110 Å². The van der Waals surface area contributed by atoms with Gasteiger partial charge in [0.2, 0.25) is 0 Å². The molecule has 12 heteroatoms. The minimum atomic E-state index is -0.765. The van der Waals surface area contributed by atoms with Crippen LogP contribution in [0.2, 0.25) is 20.1 Å². The van der Waals surface area contributed by atoms with Gasteiger partial charge in [-0.3, -0.25) is 19.2 Å². The Hall–Kier alpha value is -3.69. The molecule has 1 saturated heterocycles. The van der Waals surface area contributed by atoms with Crippen LogP contribution in [0.15, 0.2) is 72.8 Å². The van der Waals surface area contributed by atoms with E-state index in [2.05, 4.69) is 0 Å². The molecule has 6 rings (SSSR count). The van der Waals surface area contributed by atoms with Crippen LogP contribution in [0, 0.1) is 23.7 Å². The lowest BCUT2D eigenvalue weighted by molar-refractivity contribution is -0.154. The third kappa shape index (κ3) is 5.33. The first kappa shape index (κ1) is 29.4. The lowest BCUT2D eigenvalue weighted by atomic mass is 9.85. The van der Waals surface area contributed by atoms with Crippen molar-refractivity contribution in [2.45, 2.75) is 6.42 Å². The van der Waals surface area contributed by atoms with Crippen LogP contribution in [0.1, 0.15) is 37.5 Å². The topological polar surface area (TPSA) is 101 Å². The van der Waals surface area contributed by atoms with Crippen molar-refractivity contribution in [2.24, 2.45) is 23.7 Å². The summed E-state index contributed by atoms with van der Waals surface area (Å²) in [5.41, 5.74) is 0.303. The molecule has 3 aromatic carbocycles. The zero-order valence-electron chi connectivity index (χ0n) is 22.0. The molecule has 1 heterocycles. The highest BCUT2D eigenvalue weighted by Crippen LogP contribution is 2.52. The van der Waals surface area contributed by atoms with Crippen molar-refractivity contribution in [3.8, 4) is 5.75 Å². The summed E-state index contributed by atoms with van der Waals surface area (Å²) in [5, 5.41) is 2.49. The number of allylic oxidation sites excluding steroid dienone is 2. The monoisotopic (exact) mass is 656 g/mol. The molecule has 2 fully saturated rings. The lowest BCUT2D eigenvalue weighted by Gasteiger charge is -2.31. The number of carbonyl (C=O) groups is 5. The minimum Gasteiger partial charge on any atom is -0.423 e. The van der Waals surface area contributed by atoms with Crippen molar-refractivity contribution in [3.63, 3.8) is 0 Å². The molecule has 0 radical (unpaired) electrons. The zero-order chi connectivity index (χ0) is 30.6. The summed E-state index contributed by atoms with van der Waals surface area (Å²) >= 11 is 24.1. The molecule has 3 aromatic rings. The molecule has 2 bridgehead atoms. The second kappa shape index (κ2) is 11.4. The van der Waals surface area contributed by atoms with Gasteiger partial charge in [0.05, 0.1) is 32.5 Å². The van der Waals surface area contributed by atoms with Crippen LogP contribution in [-0.2, 0) is 9.59 Å². The molecule has 1 saturated carbocycles. The van der Waals surface area contributed by atoms with Gasteiger partial charge in [-0.05, 0) is 78.9 Å². The standard InChI is InChI=1S/C31H20Cl4N2O6/c32-19-6-9-21(23(34)13-19)31(42)43-20-7-3-15(4-8-20)25(38)14-36(28(39)18-5-10-22(33)24(35)12-18)37-29(40)26-16-1-2-17(11-16)27(26)30(37)41/h1-10,12-13,16-17,26-27H,11,14H2/t16-,17-,26-,27+/m0/s1. The Morgan fingerprint density at radius 3 is 2.00 bits per heavy atom. The molecule has 3 amide bonds. The maximum Gasteiger partial charge on any atom is 0.345 e. The van der Waals surface area contributed by atoms with E-state index in [9.17, 15) is 24.0 Å². The number of ketones is 1. The normalized spacial score (nSPS) is 21.7. The first-order valence-corrected chi connectivity index (χ1v) is 14.7. The van der Waals surface area contributed by atoms with Crippen LogP contribution in [0.25, 0.3) is 0 Å². The summed E-state index contributed by atoms with van der Waals surface area (Å²) in [6.45, 7) is -0.613. The van der Waals surface area contributed by atoms with Gasteiger partial charge < -0.3 is 4.74 Å². The Balaban J connectivity index is 1.24. The smallest absolute Gasteiger partial charge is 0.345 e. The van der Waals surface area contributed by atoms with E-state index in [4.69, 9.17) is 51.1 Å². The molecule has 0 aromatic heterocycles. The predicted octanol–water partition coefficient (Wildman–Crippen LogP) is 6.57. The van der Waals surface area contributed by atoms with Gasteiger partial charge in [-0.2, -0.15) is 5.01 Å². The summed E-state index contributed by atoms with van der Waals surface area (Å²) in [7, 11) is 0. The molecule has 1 aliphatic heterocycles. The van der Waals surface area contributed by atoms with Crippen LogP contribution in [-0.4, -0.2) is 46.0 Å². The highest BCUT2D eigenvalue weighted by atomic mass is 35.5. The van der Waals surface area contributed by atoms with E-state index in [1.165, 1.54) is 60.7 Å². The number of imide groups is 1. The molecular formula is C31H20Cl4N2O6. The van der Waals surface area contributed by atoms with Crippen LogP contribution < -0.4 is 4.74 Å². The first-order valence-electron chi connectivity index (χ1n) is 13.2. The number of amides is 3. The number of nitrogens with zero attached hydrogens (tertiary/aromatic N) is 2. The van der Waals surface area contributed by atoms with Crippen molar-refractivity contribution in [2.75, 3.05) is 6.54 Å². The van der Waals surface area contributed by atoms with Gasteiger partial charge in [-0.25, -0.2) is 9.80 Å². The number of halogens is 4. The molecule has 8 nitrogen and oxygen atoms in total. The third-order valence-electron chi connectivity index (χ3n) is 7.92. The van der Waals surface area contributed by atoms with E-state index in [0.29, 0.717) is 11.4 Å². The summed E-state index contributed by atoms with van der Waals surface area (Å²) in [5.74, 6) is -4.29. The first-order chi connectivity index (χ1) is 20.5. The Bertz CT molecular complexity index is 1710. The van der Waals surface area contributed by atoms with Crippen molar-refractivity contribution >= 4 is 75.9 Å². The molecule has 43 heavy (non-hydrogen) atoms. The SMILES string of the molecule is O=C(CN(C(=O)c1ccc(Cl)c(Cl)c1)N1C(=O)[C@@H]2[C@H](C1=O)[C@H]1C=C[C@H]2C1)c1ccc(OC(=O)c2ccc(Cl)cc2Cl)cc1. The van der Waals surface area contributed by atoms with E-state index in [1.54, 1.807) is 0 Å². The lowest BCUT2D eigenvalue weighted by Crippen LogP contribution is -2.52. The van der Waals surface area contributed by atoms with Crippen LogP contribution in [0.4, 0.5) is 0 Å².